The van der Waals surface area contributed by atoms with E-state index >= 15 is 0 Å². The summed E-state index contributed by atoms with van der Waals surface area (Å²) < 4.78 is 11.2. The van der Waals surface area contributed by atoms with Crippen molar-refractivity contribution in [2.45, 2.75) is 78.2 Å². The first-order valence-corrected chi connectivity index (χ1v) is 9.63. The van der Waals surface area contributed by atoms with Crippen molar-refractivity contribution in [2.75, 3.05) is 6.61 Å². The Bertz CT molecular complexity index is 480. The van der Waals surface area contributed by atoms with Crippen molar-refractivity contribution in [1.29, 1.82) is 0 Å². The summed E-state index contributed by atoms with van der Waals surface area (Å²) in [6.07, 6.45) is 7.15. The predicted molar refractivity (Wildman–Crippen MR) is 91.2 cm³/mol. The molecule has 0 spiro atoms. The lowest BCUT2D eigenvalue weighted by Crippen LogP contribution is -2.58. The van der Waals surface area contributed by atoms with Crippen LogP contribution in [-0.4, -0.2) is 24.1 Å². The Morgan fingerprint density at radius 2 is 1.58 bits per heavy atom. The van der Waals surface area contributed by atoms with Crippen LogP contribution in [0, 0.1) is 29.1 Å². The molecule has 4 bridgehead atoms. The Morgan fingerprint density at radius 3 is 2.08 bits per heavy atom. The first kappa shape index (κ1) is 17.8. The Labute approximate surface area is 145 Å². The second-order valence-electron chi connectivity index (χ2n) is 9.09. The van der Waals surface area contributed by atoms with Crippen LogP contribution in [0.25, 0.3) is 0 Å². The lowest BCUT2D eigenvalue weighted by Gasteiger charge is -2.59. The van der Waals surface area contributed by atoms with Crippen LogP contribution >= 0.6 is 0 Å². The van der Waals surface area contributed by atoms with Gasteiger partial charge < -0.3 is 9.47 Å². The van der Waals surface area contributed by atoms with E-state index in [9.17, 15) is 9.59 Å². The van der Waals surface area contributed by atoms with Crippen molar-refractivity contribution in [2.24, 2.45) is 29.1 Å². The van der Waals surface area contributed by atoms with Gasteiger partial charge in [-0.1, -0.05) is 6.92 Å². The molecule has 0 amide bonds. The Hall–Kier alpha value is -1.06. The summed E-state index contributed by atoms with van der Waals surface area (Å²) in [4.78, 5) is 24.3. The molecule has 0 heterocycles. The molecule has 0 aromatic heterocycles. The largest absolute Gasteiger partial charge is 0.465 e. The van der Waals surface area contributed by atoms with E-state index in [1.54, 1.807) is 0 Å². The molecule has 0 unspecified atom stereocenters. The zero-order chi connectivity index (χ0) is 17.5. The predicted octanol–water partition coefficient (Wildman–Crippen LogP) is 4.11. The summed E-state index contributed by atoms with van der Waals surface area (Å²) in [7, 11) is 0. The van der Waals surface area contributed by atoms with E-state index in [-0.39, 0.29) is 30.6 Å². The second kappa shape index (κ2) is 6.34. The summed E-state index contributed by atoms with van der Waals surface area (Å²) in [6.45, 7) is 7.96. The zero-order valence-electron chi connectivity index (χ0n) is 15.6. The van der Waals surface area contributed by atoms with E-state index in [2.05, 4.69) is 6.92 Å². The van der Waals surface area contributed by atoms with Crippen molar-refractivity contribution >= 4 is 11.9 Å². The number of esters is 2. The minimum absolute atomic E-state index is 0.123. The molecule has 0 N–H and O–H groups in total. The maximum absolute atomic E-state index is 12.3. The molecule has 0 aliphatic heterocycles. The van der Waals surface area contributed by atoms with E-state index in [4.69, 9.17) is 9.47 Å². The van der Waals surface area contributed by atoms with Crippen LogP contribution in [-0.2, 0) is 19.1 Å². The number of rotatable bonds is 6. The highest BCUT2D eigenvalue weighted by Crippen LogP contribution is 2.59. The van der Waals surface area contributed by atoms with Crippen molar-refractivity contribution < 1.29 is 19.1 Å². The second-order valence-corrected chi connectivity index (χ2v) is 9.09. The van der Waals surface area contributed by atoms with Crippen molar-refractivity contribution in [3.05, 3.63) is 0 Å². The van der Waals surface area contributed by atoms with Gasteiger partial charge in [0.05, 0.1) is 11.8 Å². The molecule has 4 saturated carbocycles. The molecule has 4 aliphatic rings. The quantitative estimate of drug-likeness (QED) is 0.685. The van der Waals surface area contributed by atoms with Crippen molar-refractivity contribution in [3.63, 3.8) is 0 Å². The third kappa shape index (κ3) is 3.21. The van der Waals surface area contributed by atoms with E-state index in [1.165, 1.54) is 32.1 Å². The van der Waals surface area contributed by atoms with Gasteiger partial charge in [0, 0.05) is 0 Å². The SMILES string of the molecule is CCC(C)(C)C(=O)OCCC(=O)OC1(C)C2CC3CC(C2)CC1C3. The van der Waals surface area contributed by atoms with E-state index < -0.39 is 5.41 Å². The minimum Gasteiger partial charge on any atom is -0.465 e. The van der Waals surface area contributed by atoms with Gasteiger partial charge in [0.25, 0.3) is 0 Å². The molecular weight excluding hydrogens is 304 g/mol. The average molecular weight is 336 g/mol. The van der Waals surface area contributed by atoms with E-state index in [0.717, 1.165) is 18.3 Å². The fraction of sp³-hybridized carbons (Fsp3) is 0.900. The molecule has 4 rings (SSSR count). The van der Waals surface area contributed by atoms with Gasteiger partial charge in [0.1, 0.15) is 12.2 Å². The highest BCUT2D eigenvalue weighted by Gasteiger charge is 2.56. The molecule has 136 valence electrons. The third-order valence-corrected chi connectivity index (χ3v) is 7.07. The van der Waals surface area contributed by atoms with Crippen LogP contribution in [0.2, 0.25) is 0 Å². The molecule has 4 heteroatoms. The normalized spacial score (nSPS) is 37.3. The van der Waals surface area contributed by atoms with Gasteiger partial charge in [-0.3, -0.25) is 9.59 Å². The smallest absolute Gasteiger partial charge is 0.311 e. The standard InChI is InChI=1S/C20H32O4/c1-5-19(2,3)18(22)23-7-6-17(21)24-20(4)15-9-13-8-14(11-15)12-16(20)10-13/h13-16H,5-12H2,1-4H3. The van der Waals surface area contributed by atoms with Crippen molar-refractivity contribution in [1.82, 2.24) is 0 Å². The number of carbonyl (C=O) groups is 2. The topological polar surface area (TPSA) is 52.6 Å². The summed E-state index contributed by atoms with van der Waals surface area (Å²) in [6, 6.07) is 0. The molecule has 0 radical (unpaired) electrons. The highest BCUT2D eigenvalue weighted by atomic mass is 16.6. The molecule has 4 fully saturated rings. The monoisotopic (exact) mass is 336 g/mol. The number of carbonyl (C=O) groups excluding carboxylic acids is 2. The number of ether oxygens (including phenoxy) is 2. The third-order valence-electron chi connectivity index (χ3n) is 7.07. The Kier molecular flexibility index (Phi) is 4.69. The molecule has 0 aromatic rings. The molecule has 24 heavy (non-hydrogen) atoms. The van der Waals surface area contributed by atoms with Crippen LogP contribution in [0.4, 0.5) is 0 Å². The summed E-state index contributed by atoms with van der Waals surface area (Å²) in [5, 5.41) is 0. The summed E-state index contributed by atoms with van der Waals surface area (Å²) in [5.74, 6) is 2.32. The zero-order valence-corrected chi connectivity index (χ0v) is 15.6. The highest BCUT2D eigenvalue weighted by molar-refractivity contribution is 5.76. The van der Waals surface area contributed by atoms with Gasteiger partial charge in [0.15, 0.2) is 0 Å². The van der Waals surface area contributed by atoms with Crippen LogP contribution in [0.5, 0.6) is 0 Å². The van der Waals surface area contributed by atoms with Gasteiger partial charge in [-0.25, -0.2) is 0 Å². The minimum atomic E-state index is -0.489. The average Bonchev–Trinajstić information content (AvgIpc) is 2.52. The molecule has 0 aromatic carbocycles. The lowest BCUT2D eigenvalue weighted by molar-refractivity contribution is -0.204. The number of hydrogen-bond donors (Lipinski definition) is 0. The van der Waals surface area contributed by atoms with Crippen LogP contribution in [0.15, 0.2) is 0 Å². The van der Waals surface area contributed by atoms with Gasteiger partial charge in [-0.15, -0.1) is 0 Å². The van der Waals surface area contributed by atoms with Gasteiger partial charge in [-0.05, 0) is 83.0 Å². The van der Waals surface area contributed by atoms with E-state index in [1.807, 2.05) is 20.8 Å². The Balaban J connectivity index is 1.49. The first-order valence-electron chi connectivity index (χ1n) is 9.63. The van der Waals surface area contributed by atoms with Crippen molar-refractivity contribution in [3.8, 4) is 0 Å². The van der Waals surface area contributed by atoms with Crippen LogP contribution < -0.4 is 0 Å². The van der Waals surface area contributed by atoms with Gasteiger partial charge >= 0.3 is 11.9 Å². The molecular formula is C20H32O4. The van der Waals surface area contributed by atoms with Crippen LogP contribution in [0.3, 0.4) is 0 Å². The first-order chi connectivity index (χ1) is 11.2. The van der Waals surface area contributed by atoms with Gasteiger partial charge in [-0.2, -0.15) is 0 Å². The fourth-order valence-electron chi connectivity index (χ4n) is 5.15. The lowest BCUT2D eigenvalue weighted by atomic mass is 9.50. The molecule has 0 atom stereocenters. The maximum atomic E-state index is 12.3. The fourth-order valence-corrected chi connectivity index (χ4v) is 5.15. The summed E-state index contributed by atoms with van der Waals surface area (Å²) in [5.41, 5.74) is -0.783. The van der Waals surface area contributed by atoms with Crippen LogP contribution in [0.1, 0.15) is 72.6 Å². The van der Waals surface area contributed by atoms with E-state index in [0.29, 0.717) is 11.8 Å². The molecule has 4 nitrogen and oxygen atoms in total. The molecule has 0 saturated heterocycles. The van der Waals surface area contributed by atoms with Gasteiger partial charge in [0.2, 0.25) is 0 Å². The summed E-state index contributed by atoms with van der Waals surface area (Å²) >= 11 is 0. The molecule has 4 aliphatic carbocycles. The Morgan fingerprint density at radius 1 is 1.04 bits per heavy atom. The maximum Gasteiger partial charge on any atom is 0.311 e. The number of hydrogen-bond acceptors (Lipinski definition) is 4.